The molecule has 4 N–H and O–H groups in total. The molecule has 0 aliphatic carbocycles. The molecular weight excluding hydrogens is 182 g/mol. The van der Waals surface area contributed by atoms with Gasteiger partial charge in [-0.15, -0.1) is 0 Å². The van der Waals surface area contributed by atoms with E-state index >= 15 is 0 Å². The lowest BCUT2D eigenvalue weighted by molar-refractivity contribution is -0.138. The lowest BCUT2D eigenvalue weighted by atomic mass is 10.1. The highest BCUT2D eigenvalue weighted by molar-refractivity contribution is 5.74. The Kier molecular flexibility index (Phi) is 3.41. The van der Waals surface area contributed by atoms with Gasteiger partial charge in [-0.1, -0.05) is 6.07 Å². The molecule has 0 aliphatic heterocycles. The fourth-order valence-corrected chi connectivity index (χ4v) is 0.985. The molecule has 0 radical (unpaired) electrons. The Morgan fingerprint density at radius 1 is 1.64 bits per heavy atom. The van der Waals surface area contributed by atoms with Crippen molar-refractivity contribution in [1.29, 1.82) is 0 Å². The van der Waals surface area contributed by atoms with E-state index in [1.165, 1.54) is 0 Å². The van der Waals surface area contributed by atoms with Crippen molar-refractivity contribution in [3.8, 4) is 0 Å². The van der Waals surface area contributed by atoms with Gasteiger partial charge in [0.05, 0.1) is 6.04 Å². The van der Waals surface area contributed by atoms with Crippen molar-refractivity contribution in [2.45, 2.75) is 19.0 Å². The summed E-state index contributed by atoms with van der Waals surface area (Å²) in [4.78, 5) is 14.5. The summed E-state index contributed by atoms with van der Waals surface area (Å²) in [7, 11) is 0. The highest BCUT2D eigenvalue weighted by Crippen LogP contribution is 2.04. The monoisotopic (exact) mass is 195 g/mol. The lowest BCUT2D eigenvalue weighted by Gasteiger charge is -2.17. The van der Waals surface area contributed by atoms with Crippen LogP contribution in [0.25, 0.3) is 0 Å². The van der Waals surface area contributed by atoms with E-state index in [1.54, 1.807) is 25.3 Å². The van der Waals surface area contributed by atoms with Crippen molar-refractivity contribution in [2.24, 2.45) is 5.73 Å². The second-order valence-electron chi connectivity index (χ2n) is 3.01. The minimum Gasteiger partial charge on any atom is -0.480 e. The van der Waals surface area contributed by atoms with Crippen LogP contribution < -0.4 is 11.1 Å². The van der Waals surface area contributed by atoms with Crippen molar-refractivity contribution in [1.82, 2.24) is 4.98 Å². The molecule has 0 aromatic carbocycles. The van der Waals surface area contributed by atoms with Crippen molar-refractivity contribution in [2.75, 3.05) is 5.32 Å². The molecule has 5 nitrogen and oxygen atoms in total. The van der Waals surface area contributed by atoms with Gasteiger partial charge < -0.3 is 16.2 Å². The quantitative estimate of drug-likeness (QED) is 0.642. The summed E-state index contributed by atoms with van der Waals surface area (Å²) < 4.78 is 0. The van der Waals surface area contributed by atoms with Crippen LogP contribution >= 0.6 is 0 Å². The number of carboxylic acid groups (broad SMARTS) is 1. The highest BCUT2D eigenvalue weighted by Gasteiger charge is 2.19. The van der Waals surface area contributed by atoms with E-state index in [0.29, 0.717) is 5.82 Å². The van der Waals surface area contributed by atoms with E-state index in [2.05, 4.69) is 10.3 Å². The third-order valence-electron chi connectivity index (χ3n) is 1.86. The zero-order valence-corrected chi connectivity index (χ0v) is 7.84. The smallest absolute Gasteiger partial charge is 0.322 e. The van der Waals surface area contributed by atoms with Crippen LogP contribution in [0.3, 0.4) is 0 Å². The summed E-state index contributed by atoms with van der Waals surface area (Å²) >= 11 is 0. The number of nitrogens with zero attached hydrogens (tertiary/aromatic N) is 1. The topological polar surface area (TPSA) is 88.2 Å². The van der Waals surface area contributed by atoms with E-state index in [1.807, 2.05) is 6.07 Å². The van der Waals surface area contributed by atoms with Crippen LogP contribution in [0.5, 0.6) is 0 Å². The molecule has 14 heavy (non-hydrogen) atoms. The SMILES string of the molecule is C[C@H](Nc1ccccn1)C(N)C(=O)O. The van der Waals surface area contributed by atoms with Gasteiger partial charge in [0.15, 0.2) is 0 Å². The van der Waals surface area contributed by atoms with Crippen molar-refractivity contribution >= 4 is 11.8 Å². The minimum atomic E-state index is -1.03. The number of anilines is 1. The summed E-state index contributed by atoms with van der Waals surface area (Å²) in [5, 5.41) is 11.6. The van der Waals surface area contributed by atoms with Crippen LogP contribution in [0.2, 0.25) is 0 Å². The van der Waals surface area contributed by atoms with Crippen LogP contribution in [-0.2, 0) is 4.79 Å². The van der Waals surface area contributed by atoms with Gasteiger partial charge >= 0.3 is 5.97 Å². The number of aromatic nitrogens is 1. The highest BCUT2D eigenvalue weighted by atomic mass is 16.4. The zero-order valence-electron chi connectivity index (χ0n) is 7.84. The molecule has 0 fully saturated rings. The third kappa shape index (κ3) is 2.70. The maximum absolute atomic E-state index is 10.5. The number of hydrogen-bond acceptors (Lipinski definition) is 4. The Balaban J connectivity index is 2.57. The fraction of sp³-hybridized carbons (Fsp3) is 0.333. The number of carboxylic acids is 1. The van der Waals surface area contributed by atoms with Crippen LogP contribution in [0, 0.1) is 0 Å². The summed E-state index contributed by atoms with van der Waals surface area (Å²) in [6, 6.07) is 4.06. The first-order valence-electron chi connectivity index (χ1n) is 4.27. The first kappa shape index (κ1) is 10.5. The first-order chi connectivity index (χ1) is 6.61. The third-order valence-corrected chi connectivity index (χ3v) is 1.86. The average Bonchev–Trinajstić information content (AvgIpc) is 2.18. The number of hydrogen-bond donors (Lipinski definition) is 3. The van der Waals surface area contributed by atoms with Gasteiger partial charge in [0.2, 0.25) is 0 Å². The normalized spacial score (nSPS) is 14.4. The number of rotatable bonds is 4. The van der Waals surface area contributed by atoms with Crippen molar-refractivity contribution in [3.05, 3.63) is 24.4 Å². The molecule has 0 aliphatic rings. The summed E-state index contributed by atoms with van der Waals surface area (Å²) in [5.41, 5.74) is 5.42. The predicted molar refractivity (Wildman–Crippen MR) is 52.9 cm³/mol. The molecule has 0 spiro atoms. The maximum atomic E-state index is 10.5. The minimum absolute atomic E-state index is 0.359. The van der Waals surface area contributed by atoms with Gasteiger partial charge in [0.25, 0.3) is 0 Å². The molecule has 0 amide bonds. The van der Waals surface area contributed by atoms with E-state index in [9.17, 15) is 4.79 Å². The molecule has 5 heteroatoms. The number of pyridine rings is 1. The Labute approximate surface area is 82.0 Å². The van der Waals surface area contributed by atoms with Gasteiger partial charge in [-0.3, -0.25) is 4.79 Å². The molecule has 1 heterocycles. The van der Waals surface area contributed by atoms with Crippen molar-refractivity contribution < 1.29 is 9.90 Å². The lowest BCUT2D eigenvalue weighted by Crippen LogP contribution is -2.44. The number of nitrogens with two attached hydrogens (primary N) is 1. The standard InChI is InChI=1S/C9H13N3O2/c1-6(8(10)9(13)14)12-7-4-2-3-5-11-7/h2-6,8H,10H2,1H3,(H,11,12)(H,13,14)/t6-,8?/m0/s1. The number of aliphatic carboxylic acids is 1. The van der Waals surface area contributed by atoms with Crippen molar-refractivity contribution in [3.63, 3.8) is 0 Å². The van der Waals surface area contributed by atoms with Gasteiger partial charge in [0, 0.05) is 6.20 Å². The van der Waals surface area contributed by atoms with Gasteiger partial charge in [-0.25, -0.2) is 4.98 Å². The second kappa shape index (κ2) is 4.57. The average molecular weight is 195 g/mol. The van der Waals surface area contributed by atoms with Crippen LogP contribution in [0.15, 0.2) is 24.4 Å². The summed E-state index contributed by atoms with van der Waals surface area (Å²) in [6.45, 7) is 1.70. The van der Waals surface area contributed by atoms with E-state index in [4.69, 9.17) is 10.8 Å². The van der Waals surface area contributed by atoms with E-state index in [0.717, 1.165) is 0 Å². The molecule has 0 saturated carbocycles. The fourth-order valence-electron chi connectivity index (χ4n) is 0.985. The molecule has 0 saturated heterocycles. The van der Waals surface area contributed by atoms with Crippen LogP contribution in [0.4, 0.5) is 5.82 Å². The Hall–Kier alpha value is -1.62. The van der Waals surface area contributed by atoms with Gasteiger partial charge in [-0.05, 0) is 19.1 Å². The Morgan fingerprint density at radius 2 is 2.36 bits per heavy atom. The molecule has 1 aromatic rings. The molecule has 0 bridgehead atoms. The zero-order chi connectivity index (χ0) is 10.6. The summed E-state index contributed by atoms with van der Waals surface area (Å²) in [6.07, 6.45) is 1.63. The van der Waals surface area contributed by atoms with E-state index < -0.39 is 12.0 Å². The molecule has 2 atom stereocenters. The second-order valence-corrected chi connectivity index (χ2v) is 3.01. The molecule has 1 unspecified atom stereocenters. The van der Waals surface area contributed by atoms with Gasteiger partial charge in [-0.2, -0.15) is 0 Å². The molecule has 1 rings (SSSR count). The maximum Gasteiger partial charge on any atom is 0.322 e. The number of carbonyl (C=O) groups is 1. The largest absolute Gasteiger partial charge is 0.480 e. The van der Waals surface area contributed by atoms with Gasteiger partial charge in [0.1, 0.15) is 11.9 Å². The number of nitrogens with one attached hydrogen (secondary N) is 1. The van der Waals surface area contributed by atoms with Crippen LogP contribution in [0.1, 0.15) is 6.92 Å². The first-order valence-corrected chi connectivity index (χ1v) is 4.27. The molecule has 1 aromatic heterocycles. The molecule has 76 valence electrons. The Morgan fingerprint density at radius 3 is 2.86 bits per heavy atom. The predicted octanol–water partition coefficient (Wildman–Crippen LogP) is 0.294. The van der Waals surface area contributed by atoms with E-state index in [-0.39, 0.29) is 6.04 Å². The summed E-state index contributed by atoms with van der Waals surface area (Å²) in [5.74, 6) is -0.405. The molecular formula is C9H13N3O2. The van der Waals surface area contributed by atoms with Crippen LogP contribution in [-0.4, -0.2) is 28.1 Å². The Bertz CT molecular complexity index is 302.